The van der Waals surface area contributed by atoms with Gasteiger partial charge < -0.3 is 9.30 Å². The van der Waals surface area contributed by atoms with Crippen molar-refractivity contribution < 1.29 is 22.9 Å². The summed E-state index contributed by atoms with van der Waals surface area (Å²) in [4.78, 5) is 28.1. The van der Waals surface area contributed by atoms with Gasteiger partial charge in [0.25, 0.3) is 11.6 Å². The molecule has 34 heavy (non-hydrogen) atoms. The first-order chi connectivity index (χ1) is 16.2. The van der Waals surface area contributed by atoms with Gasteiger partial charge in [0.15, 0.2) is 4.80 Å². The molecule has 2 aromatic carbocycles. The minimum Gasteiger partial charge on any atom is -0.377 e. The number of carbonyl (C=O) groups is 1. The maximum Gasteiger partial charge on any atom is 0.279 e. The molecular weight excluding hydrogens is 480 g/mol. The summed E-state index contributed by atoms with van der Waals surface area (Å²) < 4.78 is 35.0. The van der Waals surface area contributed by atoms with Gasteiger partial charge in [-0.3, -0.25) is 14.9 Å². The Morgan fingerprint density at radius 3 is 2.65 bits per heavy atom. The standard InChI is InChI=1S/C22H24N4O6S2/c1-3-25-19-11-8-16(26(28)29)13-20(19)33-22(25)23-21(27)15-6-9-18(10-7-15)34(30,31)24(2)14-17-5-4-12-32-17/h6-11,13,17H,3-5,12,14H2,1-2H3. The highest BCUT2D eigenvalue weighted by Crippen LogP contribution is 2.24. The molecule has 1 aromatic heterocycles. The maximum atomic E-state index is 12.9. The first-order valence-corrected chi connectivity index (χ1v) is 13.0. The SMILES string of the molecule is CCn1c(=NC(=O)c2ccc(S(=O)(=O)N(C)CC3CCCO3)cc2)sc2cc([N+](=O)[O-])ccc21. The van der Waals surface area contributed by atoms with Gasteiger partial charge in [-0.05, 0) is 50.1 Å². The third kappa shape index (κ3) is 4.80. The van der Waals surface area contributed by atoms with Crippen LogP contribution in [0.1, 0.15) is 30.1 Å². The van der Waals surface area contributed by atoms with Gasteiger partial charge in [0.1, 0.15) is 0 Å². The van der Waals surface area contributed by atoms with Crippen molar-refractivity contribution in [2.75, 3.05) is 20.2 Å². The fourth-order valence-electron chi connectivity index (χ4n) is 3.84. The number of hydrogen-bond acceptors (Lipinski definition) is 7. The quantitative estimate of drug-likeness (QED) is 0.360. The topological polar surface area (TPSA) is 124 Å². The Balaban J connectivity index is 1.59. The molecule has 12 heteroatoms. The summed E-state index contributed by atoms with van der Waals surface area (Å²) in [5.74, 6) is -0.528. The Morgan fingerprint density at radius 1 is 1.29 bits per heavy atom. The predicted molar refractivity (Wildman–Crippen MR) is 127 cm³/mol. The van der Waals surface area contributed by atoms with Crippen LogP contribution in [0.4, 0.5) is 5.69 Å². The van der Waals surface area contributed by atoms with Crippen LogP contribution in [-0.2, 0) is 21.3 Å². The van der Waals surface area contributed by atoms with E-state index >= 15 is 0 Å². The molecule has 0 aliphatic carbocycles. The molecule has 1 aliphatic rings. The fourth-order valence-corrected chi connectivity index (χ4v) is 6.17. The largest absolute Gasteiger partial charge is 0.377 e. The van der Waals surface area contributed by atoms with Gasteiger partial charge in [0.05, 0.1) is 26.1 Å². The second-order valence-electron chi connectivity index (χ2n) is 7.90. The molecule has 2 heterocycles. The molecule has 10 nitrogen and oxygen atoms in total. The molecule has 1 saturated heterocycles. The van der Waals surface area contributed by atoms with E-state index in [0.717, 1.165) is 18.4 Å². The smallest absolute Gasteiger partial charge is 0.279 e. The lowest BCUT2D eigenvalue weighted by Gasteiger charge is -2.20. The number of likely N-dealkylation sites (N-methyl/N-ethyl adjacent to an activating group) is 1. The van der Waals surface area contributed by atoms with E-state index in [9.17, 15) is 23.3 Å². The molecule has 0 saturated carbocycles. The van der Waals surface area contributed by atoms with E-state index in [-0.39, 0.29) is 28.8 Å². The van der Waals surface area contributed by atoms with Crippen LogP contribution < -0.4 is 4.80 Å². The Kier molecular flexibility index (Phi) is 6.94. The zero-order valence-electron chi connectivity index (χ0n) is 18.7. The lowest BCUT2D eigenvalue weighted by Crippen LogP contribution is -2.34. The van der Waals surface area contributed by atoms with Gasteiger partial charge in [0.2, 0.25) is 10.0 Å². The van der Waals surface area contributed by atoms with E-state index in [1.807, 2.05) is 6.92 Å². The average Bonchev–Trinajstić information content (AvgIpc) is 3.45. The number of non-ortho nitro benzene ring substituents is 1. The van der Waals surface area contributed by atoms with Crippen LogP contribution >= 0.6 is 11.3 Å². The summed E-state index contributed by atoms with van der Waals surface area (Å²) in [7, 11) is -2.20. The van der Waals surface area contributed by atoms with Crippen LogP contribution in [0.2, 0.25) is 0 Å². The Labute approximate surface area is 200 Å². The molecule has 1 atom stereocenters. The zero-order valence-corrected chi connectivity index (χ0v) is 20.3. The number of ether oxygens (including phenoxy) is 1. The number of carbonyl (C=O) groups excluding carboxylic acids is 1. The molecule has 0 bridgehead atoms. The second kappa shape index (κ2) is 9.74. The van der Waals surface area contributed by atoms with Gasteiger partial charge in [-0.15, -0.1) is 0 Å². The lowest BCUT2D eigenvalue weighted by molar-refractivity contribution is -0.384. The van der Waals surface area contributed by atoms with Crippen LogP contribution in [0.15, 0.2) is 52.4 Å². The minimum atomic E-state index is -3.71. The maximum absolute atomic E-state index is 12.9. The van der Waals surface area contributed by atoms with Crippen LogP contribution in [0.3, 0.4) is 0 Å². The summed E-state index contributed by atoms with van der Waals surface area (Å²) in [5.41, 5.74) is 0.961. The molecule has 4 rings (SSSR count). The number of amides is 1. The molecule has 1 aliphatic heterocycles. The summed E-state index contributed by atoms with van der Waals surface area (Å²) >= 11 is 1.19. The van der Waals surface area contributed by atoms with E-state index in [4.69, 9.17) is 4.74 Å². The Bertz CT molecular complexity index is 1400. The van der Waals surface area contributed by atoms with Gasteiger partial charge in [-0.2, -0.15) is 9.30 Å². The number of nitro groups is 1. The van der Waals surface area contributed by atoms with E-state index in [1.165, 1.54) is 59.1 Å². The molecule has 180 valence electrons. The molecule has 0 N–H and O–H groups in total. The van der Waals surface area contributed by atoms with Gasteiger partial charge >= 0.3 is 0 Å². The number of aromatic nitrogens is 1. The lowest BCUT2D eigenvalue weighted by atomic mass is 10.2. The molecule has 1 unspecified atom stereocenters. The number of benzene rings is 2. The summed E-state index contributed by atoms with van der Waals surface area (Å²) in [6.45, 7) is 3.34. The van der Waals surface area contributed by atoms with Crippen LogP contribution in [0.25, 0.3) is 10.2 Å². The van der Waals surface area contributed by atoms with Crippen molar-refractivity contribution in [3.05, 3.63) is 62.9 Å². The molecule has 1 amide bonds. The summed E-state index contributed by atoms with van der Waals surface area (Å²) in [5, 5.41) is 11.1. The third-order valence-corrected chi connectivity index (χ3v) is 8.56. The number of aryl methyl sites for hydroxylation is 1. The first-order valence-electron chi connectivity index (χ1n) is 10.8. The first kappa shape index (κ1) is 24.2. The average molecular weight is 505 g/mol. The fraction of sp³-hybridized carbons (Fsp3) is 0.364. The van der Waals surface area contributed by atoms with E-state index in [0.29, 0.717) is 22.7 Å². The summed E-state index contributed by atoms with van der Waals surface area (Å²) in [6, 6.07) is 10.2. The normalized spacial score (nSPS) is 17.0. The van der Waals surface area contributed by atoms with Crippen molar-refractivity contribution in [2.24, 2.45) is 4.99 Å². The Morgan fingerprint density at radius 2 is 2.03 bits per heavy atom. The number of nitro benzene ring substituents is 1. The van der Waals surface area contributed by atoms with Crippen molar-refractivity contribution in [3.63, 3.8) is 0 Å². The number of thiazole rings is 1. The summed E-state index contributed by atoms with van der Waals surface area (Å²) in [6.07, 6.45) is 1.65. The molecule has 3 aromatic rings. The Hall–Kier alpha value is -2.93. The molecule has 1 fully saturated rings. The van der Waals surface area contributed by atoms with Crippen molar-refractivity contribution in [1.82, 2.24) is 8.87 Å². The van der Waals surface area contributed by atoms with Crippen molar-refractivity contribution in [1.29, 1.82) is 0 Å². The van der Waals surface area contributed by atoms with Gasteiger partial charge in [0, 0.05) is 44.4 Å². The zero-order chi connectivity index (χ0) is 24.5. The highest BCUT2D eigenvalue weighted by molar-refractivity contribution is 7.89. The van der Waals surface area contributed by atoms with Crippen molar-refractivity contribution in [2.45, 2.75) is 37.3 Å². The number of hydrogen-bond donors (Lipinski definition) is 0. The van der Waals surface area contributed by atoms with Crippen LogP contribution in [-0.4, -0.2) is 54.4 Å². The van der Waals surface area contributed by atoms with Crippen LogP contribution in [0, 0.1) is 10.1 Å². The predicted octanol–water partition coefficient (Wildman–Crippen LogP) is 3.17. The van der Waals surface area contributed by atoms with Crippen LogP contribution in [0.5, 0.6) is 0 Å². The number of fused-ring (bicyclic) bond motifs is 1. The number of rotatable bonds is 7. The molecule has 0 radical (unpaired) electrons. The van der Waals surface area contributed by atoms with E-state index in [2.05, 4.69) is 4.99 Å². The minimum absolute atomic E-state index is 0.0314. The van der Waals surface area contributed by atoms with Crippen molar-refractivity contribution >= 4 is 43.2 Å². The molecular formula is C22H24N4O6S2. The van der Waals surface area contributed by atoms with Gasteiger partial charge in [-0.25, -0.2) is 8.42 Å². The molecule has 0 spiro atoms. The highest BCUT2D eigenvalue weighted by Gasteiger charge is 2.26. The monoisotopic (exact) mass is 504 g/mol. The van der Waals surface area contributed by atoms with Gasteiger partial charge in [-0.1, -0.05) is 11.3 Å². The van der Waals surface area contributed by atoms with E-state index < -0.39 is 20.9 Å². The third-order valence-electron chi connectivity index (χ3n) is 5.68. The number of sulfonamides is 1. The van der Waals surface area contributed by atoms with E-state index in [1.54, 1.807) is 10.6 Å². The second-order valence-corrected chi connectivity index (χ2v) is 11.0. The number of nitrogens with zero attached hydrogens (tertiary/aromatic N) is 4. The highest BCUT2D eigenvalue weighted by atomic mass is 32.2. The van der Waals surface area contributed by atoms with Crippen molar-refractivity contribution in [3.8, 4) is 0 Å².